The van der Waals surface area contributed by atoms with Gasteiger partial charge < -0.3 is 25.0 Å². The number of nitrogens with zero attached hydrogens (tertiary/aromatic N) is 2. The van der Waals surface area contributed by atoms with Crippen molar-refractivity contribution in [1.82, 2.24) is 15.1 Å². The van der Waals surface area contributed by atoms with Gasteiger partial charge in [-0.15, -0.1) is 11.3 Å². The molecule has 3 heterocycles. The molecule has 0 radical (unpaired) electrons. The average Bonchev–Trinajstić information content (AvgIpc) is 3.50. The zero-order chi connectivity index (χ0) is 25.0. The Morgan fingerprint density at radius 2 is 2.03 bits per heavy atom. The Bertz CT molecular complexity index is 1270. The molecule has 1 aromatic carbocycles. The van der Waals surface area contributed by atoms with E-state index in [-0.39, 0.29) is 24.5 Å². The van der Waals surface area contributed by atoms with E-state index in [1.165, 1.54) is 18.4 Å². The van der Waals surface area contributed by atoms with Gasteiger partial charge in [-0.05, 0) is 54.3 Å². The molecule has 0 unspecified atom stereocenters. The first kappa shape index (κ1) is 22.8. The average molecular weight is 511 g/mol. The molecular formula is C25H26N4O6S. The highest BCUT2D eigenvalue weighted by Gasteiger charge is 2.58. The number of urea groups is 1. The first-order valence-electron chi connectivity index (χ1n) is 12.1. The van der Waals surface area contributed by atoms with E-state index in [9.17, 15) is 19.2 Å². The number of hydrogen-bond acceptors (Lipinski definition) is 7. The maximum absolute atomic E-state index is 13.6. The second kappa shape index (κ2) is 8.51. The number of aryl methyl sites for hydroxylation is 1. The molecule has 2 aromatic rings. The van der Waals surface area contributed by atoms with Gasteiger partial charge in [-0.25, -0.2) is 14.5 Å². The first-order chi connectivity index (χ1) is 17.4. The fourth-order valence-corrected chi connectivity index (χ4v) is 6.19. The summed E-state index contributed by atoms with van der Waals surface area (Å²) < 4.78 is 11.7. The molecule has 188 valence electrons. The molecule has 2 aliphatic heterocycles. The van der Waals surface area contributed by atoms with E-state index in [0.29, 0.717) is 43.2 Å². The van der Waals surface area contributed by atoms with Crippen molar-refractivity contribution in [3.05, 3.63) is 46.3 Å². The smallest absolute Gasteiger partial charge is 0.418 e. The molecule has 2 fully saturated rings. The van der Waals surface area contributed by atoms with Gasteiger partial charge in [0, 0.05) is 30.3 Å². The molecule has 4 aliphatic rings. The molecule has 11 heteroatoms. The van der Waals surface area contributed by atoms with Crippen molar-refractivity contribution in [2.24, 2.45) is 5.92 Å². The van der Waals surface area contributed by atoms with E-state index >= 15 is 0 Å². The molecule has 1 saturated carbocycles. The van der Waals surface area contributed by atoms with Crippen LogP contribution in [-0.4, -0.2) is 60.0 Å². The molecule has 36 heavy (non-hydrogen) atoms. The van der Waals surface area contributed by atoms with Crippen molar-refractivity contribution in [1.29, 1.82) is 0 Å². The summed E-state index contributed by atoms with van der Waals surface area (Å²) in [6.07, 6.45) is 2.06. The summed E-state index contributed by atoms with van der Waals surface area (Å²) in [5.74, 6) is -0.438. The fourth-order valence-electron chi connectivity index (χ4n) is 5.41. The van der Waals surface area contributed by atoms with E-state index in [1.54, 1.807) is 23.1 Å². The van der Waals surface area contributed by atoms with Gasteiger partial charge in [0.15, 0.2) is 5.06 Å². The van der Waals surface area contributed by atoms with Crippen molar-refractivity contribution < 1.29 is 28.7 Å². The first-order valence-corrected chi connectivity index (χ1v) is 12.9. The minimum absolute atomic E-state index is 0.0850. The lowest BCUT2D eigenvalue weighted by atomic mass is 9.94. The second-order valence-electron chi connectivity index (χ2n) is 9.63. The second-order valence-corrected chi connectivity index (χ2v) is 10.5. The molecular weight excluding hydrogens is 484 g/mol. The van der Waals surface area contributed by atoms with Crippen molar-refractivity contribution in [2.45, 2.75) is 43.9 Å². The van der Waals surface area contributed by atoms with Crippen LogP contribution in [0.25, 0.3) is 0 Å². The third-order valence-corrected chi connectivity index (χ3v) is 8.32. The number of carbonyl (C=O) groups excluding carboxylic acids is 4. The Morgan fingerprint density at radius 1 is 1.19 bits per heavy atom. The van der Waals surface area contributed by atoms with E-state index in [4.69, 9.17) is 9.47 Å². The zero-order valence-corrected chi connectivity index (χ0v) is 20.6. The van der Waals surface area contributed by atoms with Gasteiger partial charge in [-0.2, -0.15) is 0 Å². The van der Waals surface area contributed by atoms with Crippen LogP contribution in [0.3, 0.4) is 0 Å². The number of nitrogens with one attached hydrogen (secondary N) is 2. The van der Waals surface area contributed by atoms with Gasteiger partial charge in [0.1, 0.15) is 13.2 Å². The number of anilines is 1. The largest absolute Gasteiger partial charge is 0.482 e. The third-order valence-electron chi connectivity index (χ3n) is 7.46. The Balaban J connectivity index is 1.22. The standard InChI is InChI=1S/C25H26N4O6S/c1-26-23(32)27-17-4-5-18-15(10-17)6-8-25(18)22(31)29(24(33)35-25)12-20(30)28-11-16-7-9-36-21(16)34-13-19(28)14-2-3-14/h4-5,7,9-10,14,19H,2-3,6,8,11-13H2,1H3,(H2,26,27,32)/t19-,25+/m0/s1. The molecule has 0 bridgehead atoms. The van der Waals surface area contributed by atoms with Gasteiger partial charge in [0.05, 0.1) is 12.6 Å². The molecule has 1 spiro atoms. The Hall–Kier alpha value is -3.60. The predicted octanol–water partition coefficient (Wildman–Crippen LogP) is 2.82. The van der Waals surface area contributed by atoms with Crippen LogP contribution in [0.1, 0.15) is 36.0 Å². The number of carbonyl (C=O) groups is 4. The lowest BCUT2D eigenvalue weighted by molar-refractivity contribution is -0.143. The molecule has 2 N–H and O–H groups in total. The molecule has 5 amide bonds. The normalized spacial score (nSPS) is 24.6. The maximum Gasteiger partial charge on any atom is 0.418 e. The summed E-state index contributed by atoms with van der Waals surface area (Å²) in [6.45, 7) is 0.435. The zero-order valence-electron chi connectivity index (χ0n) is 19.7. The van der Waals surface area contributed by atoms with Gasteiger partial charge >= 0.3 is 12.1 Å². The van der Waals surface area contributed by atoms with Crippen LogP contribution in [0.15, 0.2) is 29.6 Å². The SMILES string of the molecule is CNC(=O)Nc1ccc2c(c1)CC[C@@]21OC(=O)N(CC(=O)N2Cc3ccsc3OC[C@H]2C2CC2)C1=O. The number of ether oxygens (including phenoxy) is 2. The Labute approximate surface area is 211 Å². The third kappa shape index (κ3) is 3.69. The number of rotatable bonds is 4. The lowest BCUT2D eigenvalue weighted by Crippen LogP contribution is -2.49. The van der Waals surface area contributed by atoms with Gasteiger partial charge in [0.25, 0.3) is 5.91 Å². The van der Waals surface area contributed by atoms with Crippen LogP contribution in [-0.2, 0) is 32.9 Å². The number of thiophene rings is 1. The monoisotopic (exact) mass is 510 g/mol. The number of imide groups is 1. The van der Waals surface area contributed by atoms with Crippen molar-refractivity contribution in [3.8, 4) is 5.06 Å². The predicted molar refractivity (Wildman–Crippen MR) is 130 cm³/mol. The van der Waals surface area contributed by atoms with Crippen LogP contribution in [0.5, 0.6) is 5.06 Å². The summed E-state index contributed by atoms with van der Waals surface area (Å²) in [5, 5.41) is 7.95. The summed E-state index contributed by atoms with van der Waals surface area (Å²) in [7, 11) is 1.52. The van der Waals surface area contributed by atoms with E-state index < -0.39 is 17.6 Å². The topological polar surface area (TPSA) is 117 Å². The van der Waals surface area contributed by atoms with Crippen molar-refractivity contribution in [2.75, 3.05) is 25.5 Å². The number of benzene rings is 1. The van der Waals surface area contributed by atoms with E-state index in [2.05, 4.69) is 10.6 Å². The highest BCUT2D eigenvalue weighted by Crippen LogP contribution is 2.46. The molecule has 2 aliphatic carbocycles. The summed E-state index contributed by atoms with van der Waals surface area (Å²) in [4.78, 5) is 54.4. The minimum atomic E-state index is -1.43. The molecule has 1 saturated heterocycles. The van der Waals surface area contributed by atoms with Crippen LogP contribution in [0.4, 0.5) is 15.3 Å². The summed E-state index contributed by atoms with van der Waals surface area (Å²) in [6, 6.07) is 6.67. The van der Waals surface area contributed by atoms with Gasteiger partial charge in [0.2, 0.25) is 11.5 Å². The van der Waals surface area contributed by atoms with Crippen LogP contribution < -0.4 is 15.4 Å². The number of fused-ring (bicyclic) bond motifs is 3. The Morgan fingerprint density at radius 3 is 2.81 bits per heavy atom. The number of hydrogen-bond donors (Lipinski definition) is 2. The number of amides is 5. The highest BCUT2D eigenvalue weighted by molar-refractivity contribution is 7.12. The summed E-state index contributed by atoms with van der Waals surface area (Å²) in [5.41, 5.74) is 1.50. The quantitative estimate of drug-likeness (QED) is 0.653. The highest BCUT2D eigenvalue weighted by atomic mass is 32.1. The minimum Gasteiger partial charge on any atom is -0.482 e. The van der Waals surface area contributed by atoms with Crippen molar-refractivity contribution >= 4 is 41.0 Å². The Kier molecular flexibility index (Phi) is 5.40. The molecule has 6 rings (SSSR count). The molecule has 2 atom stereocenters. The van der Waals surface area contributed by atoms with Crippen LogP contribution in [0.2, 0.25) is 0 Å². The maximum atomic E-state index is 13.6. The molecule has 1 aromatic heterocycles. The lowest BCUT2D eigenvalue weighted by Gasteiger charge is -2.30. The van der Waals surface area contributed by atoms with E-state index in [1.807, 2.05) is 11.4 Å². The van der Waals surface area contributed by atoms with Gasteiger partial charge in [-0.3, -0.25) is 9.59 Å². The van der Waals surface area contributed by atoms with Gasteiger partial charge in [-0.1, -0.05) is 6.07 Å². The summed E-state index contributed by atoms with van der Waals surface area (Å²) >= 11 is 1.51. The van der Waals surface area contributed by atoms with Crippen LogP contribution in [0, 0.1) is 5.92 Å². The fraction of sp³-hybridized carbons (Fsp3) is 0.440. The van der Waals surface area contributed by atoms with Crippen LogP contribution >= 0.6 is 11.3 Å². The van der Waals surface area contributed by atoms with Crippen molar-refractivity contribution in [3.63, 3.8) is 0 Å². The van der Waals surface area contributed by atoms with E-state index in [0.717, 1.165) is 33.9 Å². The molecule has 10 nitrogen and oxygen atoms in total.